The van der Waals surface area contributed by atoms with Gasteiger partial charge in [-0.3, -0.25) is 4.90 Å². The Hall–Kier alpha value is -0.875. The molecule has 0 amide bonds. The molecule has 5 heteroatoms. The molecule has 2 aliphatic rings. The fourth-order valence-electron chi connectivity index (χ4n) is 2.99. The minimum atomic E-state index is -0.292. The molecule has 1 aromatic carbocycles. The summed E-state index contributed by atoms with van der Waals surface area (Å²) in [5, 5.41) is 0. The Labute approximate surface area is 140 Å². The summed E-state index contributed by atoms with van der Waals surface area (Å²) in [7, 11) is -0.281. The quantitative estimate of drug-likeness (QED) is 0.800. The van der Waals surface area contributed by atoms with Crippen LogP contribution in [0.2, 0.25) is 0 Å². The van der Waals surface area contributed by atoms with E-state index in [1.165, 1.54) is 5.56 Å². The molecule has 0 aliphatic carbocycles. The van der Waals surface area contributed by atoms with Crippen LogP contribution in [0.4, 0.5) is 0 Å². The average Bonchev–Trinajstić information content (AvgIpc) is 2.71. The molecule has 0 radical (unpaired) electrons. The third-order valence-electron chi connectivity index (χ3n) is 5.40. The van der Waals surface area contributed by atoms with Crippen LogP contribution in [0.5, 0.6) is 0 Å². The summed E-state index contributed by atoms with van der Waals surface area (Å²) < 4.78 is 17.7. The van der Waals surface area contributed by atoms with Gasteiger partial charge in [-0.25, -0.2) is 0 Å². The summed E-state index contributed by atoms with van der Waals surface area (Å²) in [6.07, 6.45) is 0. The Morgan fingerprint density at radius 2 is 1.70 bits per heavy atom. The molecule has 2 saturated heterocycles. The lowest BCUT2D eigenvalue weighted by molar-refractivity contribution is -0.00436. The van der Waals surface area contributed by atoms with E-state index in [-0.39, 0.29) is 18.3 Å². The fraction of sp³-hybridized carbons (Fsp3) is 0.667. The highest BCUT2D eigenvalue weighted by atomic mass is 16.7. The Kier molecular flexibility index (Phi) is 4.58. The summed E-state index contributed by atoms with van der Waals surface area (Å²) in [6.45, 7) is 14.2. The zero-order chi connectivity index (χ0) is 16.7. The van der Waals surface area contributed by atoms with Gasteiger partial charge in [0.05, 0.1) is 24.4 Å². The number of hydrogen-bond donors (Lipinski definition) is 0. The average molecular weight is 317 g/mol. The second kappa shape index (κ2) is 6.21. The lowest BCUT2D eigenvalue weighted by Gasteiger charge is -2.33. The molecule has 3 rings (SSSR count). The van der Waals surface area contributed by atoms with Crippen LogP contribution >= 0.6 is 0 Å². The highest BCUT2D eigenvalue weighted by Gasteiger charge is 2.51. The molecule has 2 heterocycles. The third-order valence-corrected chi connectivity index (χ3v) is 5.40. The van der Waals surface area contributed by atoms with E-state index in [2.05, 4.69) is 63.8 Å². The zero-order valence-corrected chi connectivity index (χ0v) is 15.0. The molecular weight excluding hydrogens is 289 g/mol. The van der Waals surface area contributed by atoms with Crippen molar-refractivity contribution >= 4 is 12.6 Å². The predicted octanol–water partition coefficient (Wildman–Crippen LogP) is 2.21. The normalized spacial score (nSPS) is 27.3. The molecule has 2 aliphatic heterocycles. The van der Waals surface area contributed by atoms with Gasteiger partial charge >= 0.3 is 7.12 Å². The number of hydrogen-bond acceptors (Lipinski definition) is 4. The SMILES string of the molecule is C[C@@H]1COCCN1Cc1ccc(B2OC(C)(C)C(C)(C)O2)cc1. The van der Waals surface area contributed by atoms with Gasteiger partial charge < -0.3 is 14.0 Å². The van der Waals surface area contributed by atoms with E-state index in [1.54, 1.807) is 0 Å². The second-order valence-corrected chi connectivity index (χ2v) is 7.72. The standard InChI is InChI=1S/C18H28BNO3/c1-14-13-21-11-10-20(14)12-15-6-8-16(9-7-15)19-22-17(2,3)18(4,5)23-19/h6-9,14H,10-13H2,1-5H3/t14-/m1/s1. The zero-order valence-electron chi connectivity index (χ0n) is 15.0. The summed E-state index contributed by atoms with van der Waals surface area (Å²) in [5.74, 6) is 0. The van der Waals surface area contributed by atoms with Gasteiger partial charge in [0, 0.05) is 19.1 Å². The number of rotatable bonds is 3. The van der Waals surface area contributed by atoms with Crippen molar-refractivity contribution in [2.75, 3.05) is 19.8 Å². The molecule has 2 fully saturated rings. The van der Waals surface area contributed by atoms with E-state index in [4.69, 9.17) is 14.0 Å². The molecule has 0 bridgehead atoms. The Bertz CT molecular complexity index is 528. The maximum atomic E-state index is 6.11. The van der Waals surface area contributed by atoms with Crippen LogP contribution in [0, 0.1) is 0 Å². The van der Waals surface area contributed by atoms with Crippen LogP contribution in [-0.4, -0.2) is 49.0 Å². The Balaban J connectivity index is 1.66. The van der Waals surface area contributed by atoms with Crippen LogP contribution in [0.15, 0.2) is 24.3 Å². The molecule has 0 unspecified atom stereocenters. The van der Waals surface area contributed by atoms with Crippen LogP contribution in [0.1, 0.15) is 40.2 Å². The molecule has 4 nitrogen and oxygen atoms in total. The topological polar surface area (TPSA) is 30.9 Å². The van der Waals surface area contributed by atoms with Crippen LogP contribution < -0.4 is 5.46 Å². The van der Waals surface area contributed by atoms with Gasteiger partial charge in [0.2, 0.25) is 0 Å². The molecule has 1 aromatic rings. The van der Waals surface area contributed by atoms with E-state index in [0.29, 0.717) is 6.04 Å². The number of morpholine rings is 1. The van der Waals surface area contributed by atoms with Gasteiger partial charge in [0.1, 0.15) is 0 Å². The van der Waals surface area contributed by atoms with Crippen molar-refractivity contribution < 1.29 is 14.0 Å². The Morgan fingerprint density at radius 3 is 2.26 bits per heavy atom. The highest BCUT2D eigenvalue weighted by molar-refractivity contribution is 6.62. The molecule has 0 spiro atoms. The van der Waals surface area contributed by atoms with E-state index in [0.717, 1.165) is 31.8 Å². The number of benzene rings is 1. The Morgan fingerprint density at radius 1 is 1.09 bits per heavy atom. The summed E-state index contributed by atoms with van der Waals surface area (Å²) in [5.41, 5.74) is 1.82. The van der Waals surface area contributed by atoms with Gasteiger partial charge in [-0.05, 0) is 45.6 Å². The van der Waals surface area contributed by atoms with Crippen LogP contribution in [0.25, 0.3) is 0 Å². The van der Waals surface area contributed by atoms with E-state index >= 15 is 0 Å². The second-order valence-electron chi connectivity index (χ2n) is 7.72. The maximum absolute atomic E-state index is 6.11. The fourth-order valence-corrected chi connectivity index (χ4v) is 2.99. The largest absolute Gasteiger partial charge is 0.494 e. The number of nitrogens with zero attached hydrogens (tertiary/aromatic N) is 1. The maximum Gasteiger partial charge on any atom is 0.494 e. The molecular formula is C18H28BNO3. The van der Waals surface area contributed by atoms with Crippen molar-refractivity contribution in [1.29, 1.82) is 0 Å². The third kappa shape index (κ3) is 3.48. The lowest BCUT2D eigenvalue weighted by atomic mass is 9.79. The van der Waals surface area contributed by atoms with Crippen molar-refractivity contribution in [2.45, 2.75) is 58.4 Å². The van der Waals surface area contributed by atoms with Crippen LogP contribution in [0.3, 0.4) is 0 Å². The summed E-state index contributed by atoms with van der Waals surface area (Å²) >= 11 is 0. The van der Waals surface area contributed by atoms with Crippen molar-refractivity contribution in [3.8, 4) is 0 Å². The van der Waals surface area contributed by atoms with Crippen molar-refractivity contribution in [3.05, 3.63) is 29.8 Å². The van der Waals surface area contributed by atoms with Gasteiger partial charge in [-0.2, -0.15) is 0 Å². The predicted molar refractivity (Wildman–Crippen MR) is 92.8 cm³/mol. The van der Waals surface area contributed by atoms with Gasteiger partial charge in [0.15, 0.2) is 0 Å². The van der Waals surface area contributed by atoms with Crippen molar-refractivity contribution in [3.63, 3.8) is 0 Å². The highest BCUT2D eigenvalue weighted by Crippen LogP contribution is 2.36. The first-order valence-corrected chi connectivity index (χ1v) is 8.55. The van der Waals surface area contributed by atoms with Gasteiger partial charge in [0.25, 0.3) is 0 Å². The summed E-state index contributed by atoms with van der Waals surface area (Å²) in [6, 6.07) is 9.10. The summed E-state index contributed by atoms with van der Waals surface area (Å²) in [4.78, 5) is 2.47. The smallest absolute Gasteiger partial charge is 0.399 e. The first kappa shape index (κ1) is 17.0. The monoisotopic (exact) mass is 317 g/mol. The molecule has 23 heavy (non-hydrogen) atoms. The van der Waals surface area contributed by atoms with Crippen LogP contribution in [-0.2, 0) is 20.6 Å². The molecule has 0 N–H and O–H groups in total. The lowest BCUT2D eigenvalue weighted by Crippen LogP contribution is -2.43. The van der Waals surface area contributed by atoms with E-state index in [9.17, 15) is 0 Å². The molecule has 0 aromatic heterocycles. The molecule has 1 atom stereocenters. The van der Waals surface area contributed by atoms with Gasteiger partial charge in [-0.1, -0.05) is 24.3 Å². The first-order chi connectivity index (χ1) is 10.8. The van der Waals surface area contributed by atoms with E-state index < -0.39 is 0 Å². The minimum absolute atomic E-state index is 0.281. The molecule has 0 saturated carbocycles. The first-order valence-electron chi connectivity index (χ1n) is 8.55. The van der Waals surface area contributed by atoms with Crippen molar-refractivity contribution in [1.82, 2.24) is 4.90 Å². The van der Waals surface area contributed by atoms with Gasteiger partial charge in [-0.15, -0.1) is 0 Å². The van der Waals surface area contributed by atoms with E-state index in [1.807, 2.05) is 0 Å². The number of ether oxygens (including phenoxy) is 1. The minimum Gasteiger partial charge on any atom is -0.399 e. The van der Waals surface area contributed by atoms with Crippen molar-refractivity contribution in [2.24, 2.45) is 0 Å². The molecule has 126 valence electrons.